The lowest BCUT2D eigenvalue weighted by Gasteiger charge is -2.26. The lowest BCUT2D eigenvalue weighted by Crippen LogP contribution is -2.22. The average Bonchev–Trinajstić information content (AvgIpc) is 2.18. The quantitative estimate of drug-likeness (QED) is 0.671. The van der Waals surface area contributed by atoms with E-state index in [2.05, 4.69) is 48.5 Å². The fraction of sp³-hybridized carbons (Fsp3) is 0.273. The molecule has 0 aromatic heterocycles. The van der Waals surface area contributed by atoms with Crippen molar-refractivity contribution in [1.29, 1.82) is 0 Å². The number of hydrogen-bond donors (Lipinski definition) is 0. The van der Waals surface area contributed by atoms with Gasteiger partial charge in [0, 0.05) is 24.2 Å². The van der Waals surface area contributed by atoms with Crippen LogP contribution in [0.1, 0.15) is 5.56 Å². The first-order valence-corrected chi connectivity index (χ1v) is 5.58. The Hall–Kier alpha value is -0.890. The minimum Gasteiger partial charge on any atom is -0.369 e. The zero-order valence-electron chi connectivity index (χ0n) is 7.95. The highest BCUT2D eigenvalue weighted by Gasteiger charge is 2.12. The molecule has 0 saturated carbocycles. The molecule has 0 bridgehead atoms. The molecule has 1 aromatic rings. The number of benzene rings is 1. The molecule has 1 heterocycles. The Kier molecular flexibility index (Phi) is 2.32. The van der Waals surface area contributed by atoms with E-state index in [9.17, 15) is 0 Å². The van der Waals surface area contributed by atoms with E-state index in [0.29, 0.717) is 0 Å². The summed E-state index contributed by atoms with van der Waals surface area (Å²) in [5, 5.41) is 0. The lowest BCUT2D eigenvalue weighted by atomic mass is 10.1. The molecule has 0 aliphatic carbocycles. The van der Waals surface area contributed by atoms with Gasteiger partial charge in [-0.25, -0.2) is 0 Å². The van der Waals surface area contributed by atoms with Crippen LogP contribution in [0.5, 0.6) is 0 Å². The average molecular weight is 191 g/mol. The zero-order chi connectivity index (χ0) is 9.26. The molecule has 1 aliphatic rings. The van der Waals surface area contributed by atoms with Crippen LogP contribution in [-0.2, 0) is 0 Å². The number of rotatable bonds is 1. The summed E-state index contributed by atoms with van der Waals surface area (Å²) in [6, 6.07) is 8.52. The van der Waals surface area contributed by atoms with Crippen LogP contribution in [0.2, 0.25) is 0 Å². The summed E-state index contributed by atoms with van der Waals surface area (Å²) in [6.45, 7) is 1.04. The largest absolute Gasteiger partial charge is 0.369 e. The molecular formula is C11H13NS. The van der Waals surface area contributed by atoms with Crippen LogP contribution in [0, 0.1) is 0 Å². The molecule has 0 N–H and O–H groups in total. The molecule has 68 valence electrons. The molecule has 13 heavy (non-hydrogen) atoms. The van der Waals surface area contributed by atoms with E-state index in [1.807, 2.05) is 11.8 Å². The molecule has 0 atom stereocenters. The third kappa shape index (κ3) is 1.59. The molecule has 2 heteroatoms. The molecule has 1 aliphatic heterocycles. The molecule has 0 amide bonds. The SMILES string of the molecule is CSC1=Cc2ccccc2N(C)C1. The summed E-state index contributed by atoms with van der Waals surface area (Å²) >= 11 is 1.83. The maximum atomic E-state index is 2.29. The minimum absolute atomic E-state index is 1.04. The van der Waals surface area contributed by atoms with Gasteiger partial charge in [0.15, 0.2) is 0 Å². The molecule has 0 spiro atoms. The van der Waals surface area contributed by atoms with Gasteiger partial charge in [-0.05, 0) is 24.0 Å². The number of thioether (sulfide) groups is 1. The van der Waals surface area contributed by atoms with Gasteiger partial charge in [0.05, 0.1) is 0 Å². The topological polar surface area (TPSA) is 3.24 Å². The number of anilines is 1. The first-order valence-electron chi connectivity index (χ1n) is 4.36. The second-order valence-corrected chi connectivity index (χ2v) is 4.16. The Morgan fingerprint density at radius 1 is 1.31 bits per heavy atom. The summed E-state index contributed by atoms with van der Waals surface area (Å²) < 4.78 is 0. The Morgan fingerprint density at radius 2 is 2.08 bits per heavy atom. The van der Waals surface area contributed by atoms with E-state index in [1.54, 1.807) is 0 Å². The predicted molar refractivity (Wildman–Crippen MR) is 61.2 cm³/mol. The van der Waals surface area contributed by atoms with Gasteiger partial charge in [0.25, 0.3) is 0 Å². The molecular weight excluding hydrogens is 178 g/mol. The van der Waals surface area contributed by atoms with E-state index in [-0.39, 0.29) is 0 Å². The van der Waals surface area contributed by atoms with Crippen molar-refractivity contribution in [3.05, 3.63) is 34.7 Å². The van der Waals surface area contributed by atoms with Gasteiger partial charge >= 0.3 is 0 Å². The van der Waals surface area contributed by atoms with Crippen LogP contribution in [0.15, 0.2) is 29.2 Å². The number of fused-ring (bicyclic) bond motifs is 1. The Labute approximate surface area is 83.4 Å². The third-order valence-corrected chi connectivity index (χ3v) is 3.09. The van der Waals surface area contributed by atoms with Crippen LogP contribution in [0.3, 0.4) is 0 Å². The molecule has 0 radical (unpaired) electrons. The summed E-state index contributed by atoms with van der Waals surface area (Å²) in [7, 11) is 2.14. The number of hydrogen-bond acceptors (Lipinski definition) is 2. The van der Waals surface area contributed by atoms with Gasteiger partial charge in [0.1, 0.15) is 0 Å². The molecule has 0 unspecified atom stereocenters. The van der Waals surface area contributed by atoms with Crippen molar-refractivity contribution < 1.29 is 0 Å². The summed E-state index contributed by atoms with van der Waals surface area (Å²) in [5.41, 5.74) is 2.67. The molecule has 0 fully saturated rings. The first kappa shape index (κ1) is 8.70. The van der Waals surface area contributed by atoms with E-state index >= 15 is 0 Å². The van der Waals surface area contributed by atoms with Crippen LogP contribution in [-0.4, -0.2) is 19.8 Å². The van der Waals surface area contributed by atoms with E-state index in [4.69, 9.17) is 0 Å². The van der Waals surface area contributed by atoms with Crippen molar-refractivity contribution in [2.24, 2.45) is 0 Å². The fourth-order valence-electron chi connectivity index (χ4n) is 1.62. The number of nitrogens with zero attached hydrogens (tertiary/aromatic N) is 1. The maximum Gasteiger partial charge on any atom is 0.0485 e. The van der Waals surface area contributed by atoms with Crippen molar-refractivity contribution in [3.8, 4) is 0 Å². The van der Waals surface area contributed by atoms with Crippen LogP contribution >= 0.6 is 11.8 Å². The number of likely N-dealkylation sites (N-methyl/N-ethyl adjacent to an activating group) is 1. The second-order valence-electron chi connectivity index (χ2n) is 3.23. The Morgan fingerprint density at radius 3 is 2.85 bits per heavy atom. The van der Waals surface area contributed by atoms with Gasteiger partial charge in [-0.2, -0.15) is 0 Å². The molecule has 1 aromatic carbocycles. The third-order valence-electron chi connectivity index (χ3n) is 2.32. The monoisotopic (exact) mass is 191 g/mol. The summed E-state index contributed by atoms with van der Waals surface area (Å²) in [4.78, 5) is 3.72. The van der Waals surface area contributed by atoms with Crippen LogP contribution < -0.4 is 4.90 Å². The van der Waals surface area contributed by atoms with Crippen molar-refractivity contribution in [3.63, 3.8) is 0 Å². The second kappa shape index (κ2) is 3.46. The van der Waals surface area contributed by atoms with Crippen molar-refractivity contribution >= 4 is 23.5 Å². The maximum absolute atomic E-state index is 2.29. The highest BCUT2D eigenvalue weighted by atomic mass is 32.2. The van der Waals surface area contributed by atoms with Crippen molar-refractivity contribution in [1.82, 2.24) is 0 Å². The molecule has 2 rings (SSSR count). The minimum atomic E-state index is 1.04. The number of para-hydroxylation sites is 1. The van der Waals surface area contributed by atoms with Gasteiger partial charge in [-0.15, -0.1) is 11.8 Å². The lowest BCUT2D eigenvalue weighted by molar-refractivity contribution is 1.01. The van der Waals surface area contributed by atoms with Gasteiger partial charge < -0.3 is 4.90 Å². The van der Waals surface area contributed by atoms with Crippen molar-refractivity contribution in [2.75, 3.05) is 24.7 Å². The van der Waals surface area contributed by atoms with Crippen LogP contribution in [0.4, 0.5) is 5.69 Å². The summed E-state index contributed by atoms with van der Waals surface area (Å²) in [6.07, 6.45) is 4.41. The van der Waals surface area contributed by atoms with Gasteiger partial charge in [0.2, 0.25) is 0 Å². The standard InChI is InChI=1S/C11H13NS/c1-12-8-10(13-2)7-9-5-3-4-6-11(9)12/h3-7H,8H2,1-2H3. The van der Waals surface area contributed by atoms with Crippen LogP contribution in [0.25, 0.3) is 6.08 Å². The van der Waals surface area contributed by atoms with Crippen molar-refractivity contribution in [2.45, 2.75) is 0 Å². The Balaban J connectivity index is 2.46. The first-order chi connectivity index (χ1) is 6.31. The van der Waals surface area contributed by atoms with E-state index in [1.165, 1.54) is 16.2 Å². The Bertz CT molecular complexity index is 344. The van der Waals surface area contributed by atoms with E-state index in [0.717, 1.165) is 6.54 Å². The van der Waals surface area contributed by atoms with E-state index < -0.39 is 0 Å². The fourth-order valence-corrected chi connectivity index (χ4v) is 2.19. The summed E-state index contributed by atoms with van der Waals surface area (Å²) in [5.74, 6) is 0. The molecule has 0 saturated heterocycles. The van der Waals surface area contributed by atoms with Gasteiger partial charge in [-0.3, -0.25) is 0 Å². The highest BCUT2D eigenvalue weighted by molar-refractivity contribution is 8.02. The molecule has 1 nitrogen and oxygen atoms in total. The highest BCUT2D eigenvalue weighted by Crippen LogP contribution is 2.30. The predicted octanol–water partition coefficient (Wildman–Crippen LogP) is 2.84. The normalized spacial score (nSPS) is 15.2. The zero-order valence-corrected chi connectivity index (χ0v) is 8.77. The van der Waals surface area contributed by atoms with Gasteiger partial charge in [-0.1, -0.05) is 18.2 Å². The smallest absolute Gasteiger partial charge is 0.0485 e.